The average molecular weight is 1420 g/mol. The summed E-state index contributed by atoms with van der Waals surface area (Å²) in [7, 11) is -9.91. The summed E-state index contributed by atoms with van der Waals surface area (Å²) in [6.07, 6.45) is 58.1. The summed E-state index contributed by atoms with van der Waals surface area (Å²) in [4.78, 5) is 72.8. The van der Waals surface area contributed by atoms with Crippen LogP contribution >= 0.6 is 15.6 Å². The lowest BCUT2D eigenvalue weighted by Gasteiger charge is -2.21. The first-order chi connectivity index (χ1) is 46.9. The van der Waals surface area contributed by atoms with Crippen molar-refractivity contribution in [3.63, 3.8) is 0 Å². The van der Waals surface area contributed by atoms with Crippen LogP contribution in [0, 0.1) is 11.8 Å². The van der Waals surface area contributed by atoms with Crippen molar-refractivity contribution in [1.29, 1.82) is 0 Å². The van der Waals surface area contributed by atoms with Crippen molar-refractivity contribution in [2.75, 3.05) is 39.6 Å². The summed E-state index contributed by atoms with van der Waals surface area (Å²) in [5.41, 5.74) is 0. The van der Waals surface area contributed by atoms with E-state index in [0.29, 0.717) is 25.7 Å². The van der Waals surface area contributed by atoms with Gasteiger partial charge < -0.3 is 33.8 Å². The monoisotopic (exact) mass is 1420 g/mol. The van der Waals surface area contributed by atoms with Crippen LogP contribution in [0.15, 0.2) is 0 Å². The van der Waals surface area contributed by atoms with Gasteiger partial charge >= 0.3 is 39.5 Å². The van der Waals surface area contributed by atoms with E-state index in [1.165, 1.54) is 225 Å². The van der Waals surface area contributed by atoms with E-state index in [2.05, 4.69) is 41.5 Å². The van der Waals surface area contributed by atoms with Gasteiger partial charge in [-0.05, 0) is 37.5 Å². The summed E-state index contributed by atoms with van der Waals surface area (Å²) < 4.78 is 68.6. The highest BCUT2D eigenvalue weighted by molar-refractivity contribution is 7.47. The molecule has 0 saturated heterocycles. The second-order valence-corrected chi connectivity index (χ2v) is 31.7. The molecule has 0 bridgehead atoms. The smallest absolute Gasteiger partial charge is 0.462 e. The molecule has 6 atom stereocenters. The van der Waals surface area contributed by atoms with Crippen molar-refractivity contribution in [2.24, 2.45) is 11.8 Å². The number of hydrogen-bond donors (Lipinski definition) is 3. The highest BCUT2D eigenvalue weighted by Gasteiger charge is 2.30. The van der Waals surface area contributed by atoms with Gasteiger partial charge in [-0.2, -0.15) is 0 Å². The number of rotatable bonds is 77. The predicted molar refractivity (Wildman–Crippen MR) is 395 cm³/mol. The highest BCUT2D eigenvalue weighted by Crippen LogP contribution is 2.45. The standard InChI is InChI=1S/C78H152O17P2/c1-7-10-12-14-16-18-28-36-42-48-54-60-75(80)88-66-73(94-77(82)62-56-50-44-38-29-19-17-15-13-11-8-2)68-92-96(84,85)90-64-72(79)65-91-97(86,87)93-69-74(67-89-76(81)61-55-49-43-37-33-32-35-41-47-53-59-71(6)9-3)95-78(83)63-57-51-45-39-31-27-25-23-21-20-22-24-26-30-34-40-46-52-58-70(4)5/h70-74,79H,7-69H2,1-6H3,(H,84,85)(H,86,87)/t71?,72-,73+,74+/m0/s1. The van der Waals surface area contributed by atoms with E-state index >= 15 is 0 Å². The molecule has 0 spiro atoms. The Hall–Kier alpha value is -1.94. The van der Waals surface area contributed by atoms with Crippen LogP contribution in [0.25, 0.3) is 0 Å². The van der Waals surface area contributed by atoms with E-state index in [1.807, 2.05) is 0 Å². The molecule has 0 amide bonds. The van der Waals surface area contributed by atoms with E-state index in [0.717, 1.165) is 102 Å². The van der Waals surface area contributed by atoms with Gasteiger partial charge in [0, 0.05) is 25.7 Å². The highest BCUT2D eigenvalue weighted by atomic mass is 31.2. The number of ether oxygens (including phenoxy) is 4. The number of phosphoric ester groups is 2. The molecule has 576 valence electrons. The van der Waals surface area contributed by atoms with Crippen molar-refractivity contribution in [2.45, 2.75) is 426 Å². The van der Waals surface area contributed by atoms with E-state index in [4.69, 9.17) is 37.0 Å². The lowest BCUT2D eigenvalue weighted by Crippen LogP contribution is -2.30. The minimum atomic E-state index is -4.96. The first kappa shape index (κ1) is 95.1. The molecule has 0 aromatic heterocycles. The van der Waals surface area contributed by atoms with Gasteiger partial charge in [-0.25, -0.2) is 9.13 Å². The van der Waals surface area contributed by atoms with E-state index in [-0.39, 0.29) is 25.7 Å². The zero-order valence-electron chi connectivity index (χ0n) is 63.4. The molecule has 0 aliphatic rings. The molecule has 97 heavy (non-hydrogen) atoms. The SMILES string of the molecule is CCCCCCCCCCCCCC(=O)OC[C@H](COP(=O)(O)OC[C@H](O)COP(=O)(O)OC[C@@H](COC(=O)CCCCCCCCCCCCC(C)CC)OC(=O)CCCCCCCCCCCCCCCCCCCCC(C)C)OC(=O)CCCCCCCCCCCCC. The molecule has 0 rings (SSSR count). The molecule has 0 radical (unpaired) electrons. The first-order valence-corrected chi connectivity index (χ1v) is 43.5. The minimum Gasteiger partial charge on any atom is -0.462 e. The van der Waals surface area contributed by atoms with Gasteiger partial charge in [-0.1, -0.05) is 356 Å². The largest absolute Gasteiger partial charge is 0.472 e. The summed E-state index contributed by atoms with van der Waals surface area (Å²) in [6.45, 7) is 9.67. The zero-order valence-corrected chi connectivity index (χ0v) is 65.2. The molecule has 3 unspecified atom stereocenters. The van der Waals surface area contributed by atoms with E-state index in [1.54, 1.807) is 0 Å². The molecule has 0 saturated carbocycles. The maximum Gasteiger partial charge on any atom is 0.472 e. The quantitative estimate of drug-likeness (QED) is 0.0222. The summed E-state index contributed by atoms with van der Waals surface area (Å²) >= 11 is 0. The molecule has 3 N–H and O–H groups in total. The fourth-order valence-electron chi connectivity index (χ4n) is 12.0. The number of unbranched alkanes of at least 4 members (excludes halogenated alkanes) is 46. The Balaban J connectivity index is 5.21. The second kappa shape index (κ2) is 69.8. The summed E-state index contributed by atoms with van der Waals surface area (Å²) in [5, 5.41) is 10.6. The third-order valence-corrected chi connectivity index (χ3v) is 20.5. The van der Waals surface area contributed by atoms with Crippen molar-refractivity contribution in [3.05, 3.63) is 0 Å². The van der Waals surface area contributed by atoms with Gasteiger partial charge in [0.25, 0.3) is 0 Å². The van der Waals surface area contributed by atoms with Crippen molar-refractivity contribution in [1.82, 2.24) is 0 Å². The van der Waals surface area contributed by atoms with Crippen LogP contribution in [0.2, 0.25) is 0 Å². The average Bonchev–Trinajstić information content (AvgIpc) is 1.13. The fraction of sp³-hybridized carbons (Fsp3) is 0.949. The maximum absolute atomic E-state index is 13.1. The predicted octanol–water partition coefficient (Wildman–Crippen LogP) is 23.1. The van der Waals surface area contributed by atoms with E-state index < -0.39 is 97.5 Å². The Morgan fingerprint density at radius 1 is 0.299 bits per heavy atom. The molecule has 0 aliphatic carbocycles. The van der Waals surface area contributed by atoms with Gasteiger partial charge in [0.05, 0.1) is 26.4 Å². The summed E-state index contributed by atoms with van der Waals surface area (Å²) in [6, 6.07) is 0. The first-order valence-electron chi connectivity index (χ1n) is 40.5. The fourth-order valence-corrected chi connectivity index (χ4v) is 13.6. The van der Waals surface area contributed by atoms with Crippen molar-refractivity contribution >= 4 is 39.5 Å². The number of esters is 4. The van der Waals surface area contributed by atoms with Crippen LogP contribution in [0.4, 0.5) is 0 Å². The van der Waals surface area contributed by atoms with Gasteiger partial charge in [-0.3, -0.25) is 37.3 Å². The number of aliphatic hydroxyl groups is 1. The van der Waals surface area contributed by atoms with Gasteiger partial charge in [-0.15, -0.1) is 0 Å². The Bertz CT molecular complexity index is 1870. The third-order valence-electron chi connectivity index (χ3n) is 18.6. The van der Waals surface area contributed by atoms with Gasteiger partial charge in [0.2, 0.25) is 0 Å². The third kappa shape index (κ3) is 70.9. The zero-order chi connectivity index (χ0) is 71.4. The molecule has 0 fully saturated rings. The molecule has 0 aliphatic heterocycles. The van der Waals surface area contributed by atoms with Crippen LogP contribution < -0.4 is 0 Å². The number of hydrogen-bond acceptors (Lipinski definition) is 15. The summed E-state index contributed by atoms with van der Waals surface area (Å²) in [5.74, 6) is -0.482. The van der Waals surface area contributed by atoms with Crippen LogP contribution in [0.3, 0.4) is 0 Å². The molecule has 0 aromatic carbocycles. The van der Waals surface area contributed by atoms with Crippen LogP contribution in [-0.4, -0.2) is 96.7 Å². The molecule has 19 heteroatoms. The number of carbonyl (C=O) groups is 4. The number of phosphoric acid groups is 2. The normalized spacial score (nSPS) is 14.2. The minimum absolute atomic E-state index is 0.107. The lowest BCUT2D eigenvalue weighted by molar-refractivity contribution is -0.161. The van der Waals surface area contributed by atoms with E-state index in [9.17, 15) is 43.2 Å². The Kier molecular flexibility index (Phi) is 68.4. The molecular formula is C78H152O17P2. The maximum atomic E-state index is 13.1. The second-order valence-electron chi connectivity index (χ2n) is 28.8. The Morgan fingerprint density at radius 3 is 0.784 bits per heavy atom. The van der Waals surface area contributed by atoms with Crippen molar-refractivity contribution < 1.29 is 80.2 Å². The van der Waals surface area contributed by atoms with Crippen molar-refractivity contribution in [3.8, 4) is 0 Å². The molecule has 0 aromatic rings. The van der Waals surface area contributed by atoms with Gasteiger partial charge in [0.1, 0.15) is 19.3 Å². The number of aliphatic hydroxyl groups excluding tert-OH is 1. The van der Waals surface area contributed by atoms with Crippen LogP contribution in [0.5, 0.6) is 0 Å². The van der Waals surface area contributed by atoms with Gasteiger partial charge in [0.15, 0.2) is 12.2 Å². The number of carbonyl (C=O) groups excluding carboxylic acids is 4. The van der Waals surface area contributed by atoms with Crippen LogP contribution in [-0.2, 0) is 65.4 Å². The topological polar surface area (TPSA) is 237 Å². The molecule has 17 nitrogen and oxygen atoms in total. The molecule has 0 heterocycles. The lowest BCUT2D eigenvalue weighted by atomic mass is 9.99. The Labute approximate surface area is 594 Å². The van der Waals surface area contributed by atoms with Crippen LogP contribution in [0.1, 0.15) is 408 Å². The molecular weight excluding hydrogens is 1270 g/mol. The Morgan fingerprint density at radius 2 is 0.526 bits per heavy atom.